The van der Waals surface area contributed by atoms with E-state index in [0.717, 1.165) is 5.56 Å². The Hall–Kier alpha value is -2.21. The number of nitriles is 1. The van der Waals surface area contributed by atoms with Crippen molar-refractivity contribution < 1.29 is 13.2 Å². The summed E-state index contributed by atoms with van der Waals surface area (Å²) in [6.45, 7) is 0.919. The van der Waals surface area contributed by atoms with Crippen LogP contribution in [0, 0.1) is 11.3 Å². The summed E-state index contributed by atoms with van der Waals surface area (Å²) in [7, 11) is -3.99. The predicted octanol–water partition coefficient (Wildman–Crippen LogP) is 2.40. The lowest BCUT2D eigenvalue weighted by Gasteiger charge is -2.17. The third-order valence-corrected chi connectivity index (χ3v) is 6.36. The topological polar surface area (TPSA) is 90.3 Å². The second-order valence-electron chi connectivity index (χ2n) is 5.93. The van der Waals surface area contributed by atoms with Gasteiger partial charge in [0.05, 0.1) is 5.56 Å². The maximum atomic E-state index is 12.7. The van der Waals surface area contributed by atoms with Crippen LogP contribution in [0.25, 0.3) is 0 Å². The minimum absolute atomic E-state index is 0.0200. The number of sulfonamides is 1. The molecule has 0 saturated carbocycles. The summed E-state index contributed by atoms with van der Waals surface area (Å²) in [5, 5.41) is 9.23. The Kier molecular flexibility index (Phi) is 5.41. The molecule has 134 valence electrons. The van der Waals surface area contributed by atoms with Crippen LogP contribution in [-0.2, 0) is 21.4 Å². The molecule has 0 spiro atoms. The molecule has 1 aliphatic heterocycles. The highest BCUT2D eigenvalue weighted by Crippen LogP contribution is 2.25. The van der Waals surface area contributed by atoms with Gasteiger partial charge in [0.1, 0.15) is 17.0 Å². The number of halogens is 1. The van der Waals surface area contributed by atoms with Crippen molar-refractivity contribution >= 4 is 31.9 Å². The lowest BCUT2D eigenvalue weighted by atomic mass is 10.2. The van der Waals surface area contributed by atoms with Crippen molar-refractivity contribution in [3.63, 3.8) is 0 Å². The summed E-state index contributed by atoms with van der Waals surface area (Å²) in [5.74, 6) is -0.258. The van der Waals surface area contributed by atoms with E-state index in [0.29, 0.717) is 24.0 Å². The summed E-state index contributed by atoms with van der Waals surface area (Å²) in [5.41, 5.74) is 1.01. The van der Waals surface area contributed by atoms with Gasteiger partial charge in [-0.1, -0.05) is 36.4 Å². The third kappa shape index (κ3) is 3.80. The highest BCUT2D eigenvalue weighted by Gasteiger charge is 2.35. The smallest absolute Gasteiger partial charge is 0.242 e. The molecule has 0 aromatic heterocycles. The van der Waals surface area contributed by atoms with Crippen molar-refractivity contribution in [2.75, 3.05) is 6.54 Å². The van der Waals surface area contributed by atoms with Crippen LogP contribution in [0.2, 0.25) is 0 Å². The van der Waals surface area contributed by atoms with Gasteiger partial charge in [0.25, 0.3) is 0 Å². The van der Waals surface area contributed by atoms with E-state index in [1.807, 2.05) is 36.4 Å². The Labute approximate surface area is 160 Å². The number of likely N-dealkylation sites (tertiary alicyclic amines) is 1. The van der Waals surface area contributed by atoms with Gasteiger partial charge in [0.15, 0.2) is 0 Å². The number of benzene rings is 2. The molecular formula is C18H16BrN3O3S. The Morgan fingerprint density at radius 3 is 2.62 bits per heavy atom. The van der Waals surface area contributed by atoms with Crippen molar-refractivity contribution in [3.05, 3.63) is 64.1 Å². The molecule has 1 aliphatic rings. The Morgan fingerprint density at radius 2 is 1.92 bits per heavy atom. The molecule has 1 atom stereocenters. The van der Waals surface area contributed by atoms with Gasteiger partial charge in [-0.15, -0.1) is 0 Å². The Morgan fingerprint density at radius 1 is 1.19 bits per heavy atom. The van der Waals surface area contributed by atoms with Gasteiger partial charge in [-0.25, -0.2) is 8.42 Å². The number of carbonyl (C=O) groups is 1. The van der Waals surface area contributed by atoms with Crippen LogP contribution in [0.5, 0.6) is 0 Å². The van der Waals surface area contributed by atoms with E-state index in [-0.39, 0.29) is 16.4 Å². The first-order valence-electron chi connectivity index (χ1n) is 7.96. The van der Waals surface area contributed by atoms with E-state index in [1.165, 1.54) is 12.1 Å². The molecule has 26 heavy (non-hydrogen) atoms. The highest BCUT2D eigenvalue weighted by atomic mass is 79.9. The number of hydrogen-bond donors (Lipinski definition) is 1. The van der Waals surface area contributed by atoms with Gasteiger partial charge in [-0.05, 0) is 40.0 Å². The quantitative estimate of drug-likeness (QED) is 0.783. The molecule has 2 aromatic rings. The lowest BCUT2D eigenvalue weighted by molar-refractivity contribution is -0.129. The van der Waals surface area contributed by atoms with Crippen LogP contribution in [0.3, 0.4) is 0 Å². The Balaban J connectivity index is 1.76. The summed E-state index contributed by atoms with van der Waals surface area (Å²) in [4.78, 5) is 14.1. The molecular weight excluding hydrogens is 418 g/mol. The van der Waals surface area contributed by atoms with Crippen LogP contribution >= 0.6 is 15.9 Å². The van der Waals surface area contributed by atoms with Gasteiger partial charge in [0.2, 0.25) is 15.9 Å². The second kappa shape index (κ2) is 7.58. The number of carbonyl (C=O) groups excluding carboxylic acids is 1. The fraction of sp³-hybridized carbons (Fsp3) is 0.222. The second-order valence-corrected chi connectivity index (χ2v) is 8.47. The lowest BCUT2D eigenvalue weighted by Crippen LogP contribution is -2.41. The predicted molar refractivity (Wildman–Crippen MR) is 99.4 cm³/mol. The molecule has 8 heteroatoms. The minimum Gasteiger partial charge on any atom is -0.337 e. The number of hydrogen-bond acceptors (Lipinski definition) is 4. The molecule has 6 nitrogen and oxygen atoms in total. The van der Waals surface area contributed by atoms with Crippen molar-refractivity contribution in [1.29, 1.82) is 5.26 Å². The van der Waals surface area contributed by atoms with Gasteiger partial charge < -0.3 is 4.90 Å². The zero-order valence-electron chi connectivity index (χ0n) is 13.7. The van der Waals surface area contributed by atoms with Crippen LogP contribution in [0.15, 0.2) is 57.9 Å². The van der Waals surface area contributed by atoms with E-state index in [4.69, 9.17) is 0 Å². The average molecular weight is 434 g/mol. The van der Waals surface area contributed by atoms with Crippen molar-refractivity contribution in [2.45, 2.75) is 23.9 Å². The van der Waals surface area contributed by atoms with Gasteiger partial charge in [0, 0.05) is 17.6 Å². The van der Waals surface area contributed by atoms with E-state index in [2.05, 4.69) is 20.7 Å². The summed E-state index contributed by atoms with van der Waals surface area (Å²) < 4.78 is 28.2. The van der Waals surface area contributed by atoms with E-state index >= 15 is 0 Å². The van der Waals surface area contributed by atoms with Crippen molar-refractivity contribution in [3.8, 4) is 6.07 Å². The molecule has 1 amide bonds. The summed E-state index contributed by atoms with van der Waals surface area (Å²) in [6.07, 6.45) is 0.390. The third-order valence-electron chi connectivity index (χ3n) is 4.19. The van der Waals surface area contributed by atoms with Gasteiger partial charge >= 0.3 is 0 Å². The minimum atomic E-state index is -3.99. The number of amides is 1. The molecule has 1 fully saturated rings. The normalized spacial score (nSPS) is 17.3. The van der Waals surface area contributed by atoms with Gasteiger partial charge in [-0.3, -0.25) is 4.79 Å². The fourth-order valence-electron chi connectivity index (χ4n) is 2.90. The first-order valence-corrected chi connectivity index (χ1v) is 10.2. The zero-order chi connectivity index (χ0) is 18.7. The van der Waals surface area contributed by atoms with Crippen LogP contribution in [0.1, 0.15) is 17.5 Å². The molecule has 0 radical (unpaired) electrons. The van der Waals surface area contributed by atoms with E-state index in [9.17, 15) is 18.5 Å². The van der Waals surface area contributed by atoms with Crippen molar-refractivity contribution in [2.24, 2.45) is 0 Å². The first-order chi connectivity index (χ1) is 12.4. The van der Waals surface area contributed by atoms with Crippen LogP contribution in [0.4, 0.5) is 0 Å². The monoisotopic (exact) mass is 433 g/mol. The van der Waals surface area contributed by atoms with Gasteiger partial charge in [-0.2, -0.15) is 9.98 Å². The molecule has 0 unspecified atom stereocenters. The van der Waals surface area contributed by atoms with E-state index in [1.54, 1.807) is 11.0 Å². The molecule has 1 saturated heterocycles. The van der Waals surface area contributed by atoms with Crippen LogP contribution in [-0.4, -0.2) is 31.8 Å². The molecule has 0 bridgehead atoms. The number of rotatable bonds is 5. The standard InChI is InChI=1S/C18H16BrN3O3S/c19-15-7-4-8-17(14(15)11-20)26(24,25)21-16-9-10-22(18(16)23)12-13-5-2-1-3-6-13/h1-8,16,21H,9-10,12H2/t16-/m0/s1. The average Bonchev–Trinajstić information content (AvgIpc) is 2.95. The van der Waals surface area contributed by atoms with Crippen molar-refractivity contribution in [1.82, 2.24) is 9.62 Å². The summed E-state index contributed by atoms with van der Waals surface area (Å²) in [6, 6.07) is 15.1. The van der Waals surface area contributed by atoms with E-state index < -0.39 is 16.1 Å². The number of nitrogens with one attached hydrogen (secondary N) is 1. The molecule has 0 aliphatic carbocycles. The maximum Gasteiger partial charge on any atom is 0.242 e. The molecule has 1 heterocycles. The highest BCUT2D eigenvalue weighted by molar-refractivity contribution is 9.10. The molecule has 1 N–H and O–H groups in total. The summed E-state index contributed by atoms with van der Waals surface area (Å²) >= 11 is 3.18. The largest absolute Gasteiger partial charge is 0.337 e. The first kappa shape index (κ1) is 18.6. The SMILES string of the molecule is N#Cc1c(Br)cccc1S(=O)(=O)N[C@H]1CCN(Cc2ccccc2)C1=O. The Bertz CT molecular complexity index is 971. The number of nitrogens with zero attached hydrogens (tertiary/aromatic N) is 2. The zero-order valence-corrected chi connectivity index (χ0v) is 16.1. The molecule has 3 rings (SSSR count). The fourth-order valence-corrected chi connectivity index (χ4v) is 4.88. The maximum absolute atomic E-state index is 12.7. The van der Waals surface area contributed by atoms with Crippen LogP contribution < -0.4 is 4.72 Å². The molecule has 2 aromatic carbocycles.